The fraction of sp³-hybridized carbons (Fsp3) is 0.267. The molecule has 4 heterocycles. The number of nitrogens with zero attached hydrogens (tertiary/aromatic N) is 5. The number of amides is 1. The molecule has 0 bridgehead atoms. The summed E-state index contributed by atoms with van der Waals surface area (Å²) in [5.41, 5.74) is 2.07. The summed E-state index contributed by atoms with van der Waals surface area (Å²) in [7, 11) is 1.89. The van der Waals surface area contributed by atoms with Crippen LogP contribution >= 0.6 is 0 Å². The molecule has 7 nitrogen and oxygen atoms in total. The molecule has 0 aliphatic carbocycles. The van der Waals surface area contributed by atoms with Crippen molar-refractivity contribution in [1.29, 1.82) is 0 Å². The lowest BCUT2D eigenvalue weighted by Crippen LogP contribution is -2.38. The Labute approximate surface area is 126 Å². The summed E-state index contributed by atoms with van der Waals surface area (Å²) in [6, 6.07) is 3.41. The van der Waals surface area contributed by atoms with Crippen LogP contribution in [0.5, 0.6) is 0 Å². The first-order valence-corrected chi connectivity index (χ1v) is 7.08. The van der Waals surface area contributed by atoms with Crippen LogP contribution in [0.15, 0.2) is 41.4 Å². The summed E-state index contributed by atoms with van der Waals surface area (Å²) in [5, 5.41) is 4.20. The van der Waals surface area contributed by atoms with Crippen molar-refractivity contribution in [1.82, 2.24) is 24.2 Å². The van der Waals surface area contributed by atoms with Gasteiger partial charge in [0.2, 0.25) is 0 Å². The molecule has 7 heteroatoms. The van der Waals surface area contributed by atoms with Gasteiger partial charge in [-0.15, -0.1) is 0 Å². The van der Waals surface area contributed by atoms with E-state index < -0.39 is 0 Å². The number of imidazole rings is 1. The van der Waals surface area contributed by atoms with E-state index in [0.717, 1.165) is 17.1 Å². The molecule has 22 heavy (non-hydrogen) atoms. The smallest absolute Gasteiger partial charge is 0.290 e. The fourth-order valence-corrected chi connectivity index (χ4v) is 2.77. The predicted molar refractivity (Wildman–Crippen MR) is 77.9 cm³/mol. The second kappa shape index (κ2) is 4.87. The Bertz CT molecular complexity index is 815. The average molecular weight is 297 g/mol. The van der Waals surface area contributed by atoms with Gasteiger partial charge in [0.05, 0.1) is 30.9 Å². The van der Waals surface area contributed by atoms with Crippen molar-refractivity contribution >= 4 is 5.91 Å². The first-order valence-electron chi connectivity index (χ1n) is 7.08. The van der Waals surface area contributed by atoms with E-state index in [-0.39, 0.29) is 5.91 Å². The van der Waals surface area contributed by atoms with E-state index in [1.54, 1.807) is 21.7 Å². The minimum Gasteiger partial charge on any atom is -0.459 e. The minimum absolute atomic E-state index is 0.0952. The van der Waals surface area contributed by atoms with E-state index in [1.165, 1.54) is 6.26 Å². The van der Waals surface area contributed by atoms with Gasteiger partial charge in [0.1, 0.15) is 5.82 Å². The summed E-state index contributed by atoms with van der Waals surface area (Å²) >= 11 is 0. The highest BCUT2D eigenvalue weighted by atomic mass is 16.3. The first-order chi connectivity index (χ1) is 10.7. The van der Waals surface area contributed by atoms with Crippen molar-refractivity contribution in [3.8, 4) is 11.3 Å². The molecular formula is C15H15N5O2. The van der Waals surface area contributed by atoms with Crippen LogP contribution in [0.25, 0.3) is 11.3 Å². The summed E-state index contributed by atoms with van der Waals surface area (Å²) in [6.45, 7) is 1.84. The number of carbonyl (C=O) groups is 1. The molecule has 0 atom stereocenters. The normalized spacial score (nSPS) is 14.1. The standard InChI is InChI=1S/C15H15N5O2/c1-18-9-11(7-17-18)12-8-16-14-10-19(4-5-20(12)14)15(21)13-3-2-6-22-13/h2-3,6-9H,4-5,10H2,1H3. The monoisotopic (exact) mass is 297 g/mol. The molecular weight excluding hydrogens is 282 g/mol. The number of aryl methyl sites for hydroxylation is 1. The molecule has 1 aliphatic heterocycles. The molecule has 0 N–H and O–H groups in total. The van der Waals surface area contributed by atoms with Gasteiger partial charge in [-0.1, -0.05) is 0 Å². The van der Waals surface area contributed by atoms with Crippen molar-refractivity contribution < 1.29 is 9.21 Å². The van der Waals surface area contributed by atoms with Crippen molar-refractivity contribution in [2.45, 2.75) is 13.1 Å². The quantitative estimate of drug-likeness (QED) is 0.719. The minimum atomic E-state index is -0.0952. The van der Waals surface area contributed by atoms with E-state index in [2.05, 4.69) is 14.6 Å². The zero-order chi connectivity index (χ0) is 15.1. The molecule has 0 spiro atoms. The molecule has 4 rings (SSSR count). The van der Waals surface area contributed by atoms with Crippen molar-refractivity contribution in [2.24, 2.45) is 7.05 Å². The highest BCUT2D eigenvalue weighted by Crippen LogP contribution is 2.24. The van der Waals surface area contributed by atoms with Gasteiger partial charge in [-0.3, -0.25) is 9.48 Å². The van der Waals surface area contributed by atoms with Crippen molar-refractivity contribution in [3.05, 3.63) is 48.6 Å². The fourth-order valence-electron chi connectivity index (χ4n) is 2.77. The molecule has 3 aromatic rings. The topological polar surface area (TPSA) is 69.1 Å². The van der Waals surface area contributed by atoms with E-state index in [4.69, 9.17) is 4.42 Å². The maximum Gasteiger partial charge on any atom is 0.290 e. The molecule has 0 saturated heterocycles. The molecule has 0 radical (unpaired) electrons. The van der Waals surface area contributed by atoms with Crippen LogP contribution in [-0.4, -0.2) is 36.7 Å². The number of furan rings is 1. The van der Waals surface area contributed by atoms with Gasteiger partial charge in [0, 0.05) is 31.9 Å². The number of fused-ring (bicyclic) bond motifs is 1. The summed E-state index contributed by atoms with van der Waals surface area (Å²) in [6.07, 6.45) is 7.14. The Morgan fingerprint density at radius 3 is 2.95 bits per heavy atom. The SMILES string of the molecule is Cn1cc(-c2cnc3n2CCN(C(=O)c2ccco2)C3)cn1. The van der Waals surface area contributed by atoms with Crippen LogP contribution in [0.4, 0.5) is 0 Å². The summed E-state index contributed by atoms with van der Waals surface area (Å²) in [5.74, 6) is 1.15. The molecule has 0 aromatic carbocycles. The lowest BCUT2D eigenvalue weighted by Gasteiger charge is -2.27. The van der Waals surface area contributed by atoms with Gasteiger partial charge in [-0.2, -0.15) is 5.10 Å². The summed E-state index contributed by atoms with van der Waals surface area (Å²) < 4.78 is 9.09. The highest BCUT2D eigenvalue weighted by Gasteiger charge is 2.26. The number of hydrogen-bond acceptors (Lipinski definition) is 4. The number of hydrogen-bond donors (Lipinski definition) is 0. The third-order valence-electron chi connectivity index (χ3n) is 3.88. The molecule has 112 valence electrons. The average Bonchev–Trinajstić information content (AvgIpc) is 3.25. The zero-order valence-electron chi connectivity index (χ0n) is 12.1. The van der Waals surface area contributed by atoms with Crippen LogP contribution < -0.4 is 0 Å². The van der Waals surface area contributed by atoms with Gasteiger partial charge < -0.3 is 13.9 Å². The molecule has 0 saturated carbocycles. The Kier molecular flexibility index (Phi) is 2.85. The van der Waals surface area contributed by atoms with Gasteiger partial charge in [-0.05, 0) is 12.1 Å². The molecule has 0 fully saturated rings. The third kappa shape index (κ3) is 2.02. The Hall–Kier alpha value is -2.83. The van der Waals surface area contributed by atoms with Crippen LogP contribution in [0.2, 0.25) is 0 Å². The van der Waals surface area contributed by atoms with Crippen LogP contribution in [0, 0.1) is 0 Å². The van der Waals surface area contributed by atoms with Gasteiger partial charge in [0.25, 0.3) is 5.91 Å². The largest absolute Gasteiger partial charge is 0.459 e. The predicted octanol–water partition coefficient (Wildman–Crippen LogP) is 1.53. The third-order valence-corrected chi connectivity index (χ3v) is 3.88. The van der Waals surface area contributed by atoms with E-state index in [0.29, 0.717) is 25.4 Å². The molecule has 1 amide bonds. The Morgan fingerprint density at radius 1 is 1.32 bits per heavy atom. The maximum atomic E-state index is 12.3. The van der Waals surface area contributed by atoms with Crippen LogP contribution in [0.3, 0.4) is 0 Å². The lowest BCUT2D eigenvalue weighted by atomic mass is 10.2. The van der Waals surface area contributed by atoms with E-state index in [9.17, 15) is 4.79 Å². The molecule has 0 unspecified atom stereocenters. The Balaban J connectivity index is 1.60. The van der Waals surface area contributed by atoms with E-state index >= 15 is 0 Å². The first kappa shape index (κ1) is 12.9. The van der Waals surface area contributed by atoms with Crippen LogP contribution in [-0.2, 0) is 20.1 Å². The highest BCUT2D eigenvalue weighted by molar-refractivity contribution is 5.91. The number of rotatable bonds is 2. The van der Waals surface area contributed by atoms with Gasteiger partial charge in [0.15, 0.2) is 5.76 Å². The van der Waals surface area contributed by atoms with Gasteiger partial charge in [-0.25, -0.2) is 4.98 Å². The second-order valence-electron chi connectivity index (χ2n) is 5.32. The van der Waals surface area contributed by atoms with Gasteiger partial charge >= 0.3 is 0 Å². The zero-order valence-corrected chi connectivity index (χ0v) is 12.1. The van der Waals surface area contributed by atoms with E-state index in [1.807, 2.05) is 25.6 Å². The number of carbonyl (C=O) groups excluding carboxylic acids is 1. The lowest BCUT2D eigenvalue weighted by molar-refractivity contribution is 0.0675. The Morgan fingerprint density at radius 2 is 2.23 bits per heavy atom. The molecule has 1 aliphatic rings. The van der Waals surface area contributed by atoms with Crippen LogP contribution in [0.1, 0.15) is 16.4 Å². The molecule has 3 aromatic heterocycles. The summed E-state index contributed by atoms with van der Waals surface area (Å²) in [4.78, 5) is 18.5. The maximum absolute atomic E-state index is 12.3. The number of aromatic nitrogens is 4. The second-order valence-corrected chi connectivity index (χ2v) is 5.32. The van der Waals surface area contributed by atoms with Crippen molar-refractivity contribution in [3.63, 3.8) is 0 Å². The van der Waals surface area contributed by atoms with Crippen molar-refractivity contribution in [2.75, 3.05) is 6.54 Å².